The number of imidazole rings is 1. The predicted octanol–water partition coefficient (Wildman–Crippen LogP) is 3.24. The number of aromatic nitrogens is 2. The van der Waals surface area contributed by atoms with Crippen LogP contribution >= 0.6 is 0 Å². The first kappa shape index (κ1) is 14.5. The maximum absolute atomic E-state index is 13.2. The van der Waals surface area contributed by atoms with Crippen molar-refractivity contribution in [3.05, 3.63) is 47.8 Å². The number of hydrogen-bond donors (Lipinski definition) is 1. The normalized spacial score (nSPS) is 12.7. The van der Waals surface area contributed by atoms with E-state index in [2.05, 4.69) is 18.8 Å². The van der Waals surface area contributed by atoms with Crippen molar-refractivity contribution in [2.75, 3.05) is 0 Å². The predicted molar refractivity (Wildman–Crippen MR) is 74.0 cm³/mol. The number of nitrogens with zero attached hydrogens (tertiary/aromatic N) is 2. The minimum Gasteiger partial charge on any atom is -0.487 e. The van der Waals surface area contributed by atoms with Gasteiger partial charge in [0.2, 0.25) is 0 Å². The molecule has 0 aliphatic carbocycles. The van der Waals surface area contributed by atoms with Gasteiger partial charge in [0.05, 0.1) is 24.3 Å². The fourth-order valence-corrected chi connectivity index (χ4v) is 2.04. The molecule has 0 aliphatic rings. The van der Waals surface area contributed by atoms with Crippen LogP contribution in [0.25, 0.3) is 0 Å². The lowest BCUT2D eigenvalue weighted by Crippen LogP contribution is -2.08. The standard InChI is InChI=1S/C15H19FN2O2/c1-10(2)18-9-17-7-13(18)8-20-15-5-4-12(16)6-14(15)11(3)19/h4-7,9-11,19H,8H2,1-3H3. The largest absolute Gasteiger partial charge is 0.487 e. The Hall–Kier alpha value is -1.88. The Kier molecular flexibility index (Phi) is 4.39. The van der Waals surface area contributed by atoms with Crippen LogP contribution in [0.15, 0.2) is 30.7 Å². The van der Waals surface area contributed by atoms with Gasteiger partial charge in [-0.05, 0) is 39.0 Å². The molecule has 1 aromatic heterocycles. The van der Waals surface area contributed by atoms with Gasteiger partial charge in [0.1, 0.15) is 18.2 Å². The summed E-state index contributed by atoms with van der Waals surface area (Å²) in [5, 5.41) is 9.66. The topological polar surface area (TPSA) is 47.3 Å². The molecule has 0 saturated carbocycles. The fraction of sp³-hybridized carbons (Fsp3) is 0.400. The molecular formula is C15H19FN2O2. The Labute approximate surface area is 117 Å². The highest BCUT2D eigenvalue weighted by Gasteiger charge is 2.12. The third-order valence-corrected chi connectivity index (χ3v) is 3.10. The van der Waals surface area contributed by atoms with Crippen LogP contribution in [-0.4, -0.2) is 14.7 Å². The molecule has 0 radical (unpaired) electrons. The van der Waals surface area contributed by atoms with Crippen molar-refractivity contribution < 1.29 is 14.2 Å². The Morgan fingerprint density at radius 2 is 2.10 bits per heavy atom. The van der Waals surface area contributed by atoms with Gasteiger partial charge in [-0.1, -0.05) is 0 Å². The monoisotopic (exact) mass is 278 g/mol. The van der Waals surface area contributed by atoms with E-state index in [9.17, 15) is 9.50 Å². The third-order valence-electron chi connectivity index (χ3n) is 3.10. The third kappa shape index (κ3) is 3.17. The van der Waals surface area contributed by atoms with Gasteiger partial charge in [-0.15, -0.1) is 0 Å². The van der Waals surface area contributed by atoms with Crippen LogP contribution in [0.4, 0.5) is 4.39 Å². The maximum atomic E-state index is 13.2. The first-order valence-electron chi connectivity index (χ1n) is 6.60. The summed E-state index contributed by atoms with van der Waals surface area (Å²) < 4.78 is 20.9. The molecule has 0 amide bonds. The first-order chi connectivity index (χ1) is 9.49. The van der Waals surface area contributed by atoms with Crippen LogP contribution in [0, 0.1) is 5.82 Å². The summed E-state index contributed by atoms with van der Waals surface area (Å²) in [6.07, 6.45) is 2.71. The number of hydrogen-bond acceptors (Lipinski definition) is 3. The highest BCUT2D eigenvalue weighted by atomic mass is 19.1. The van der Waals surface area contributed by atoms with E-state index in [1.165, 1.54) is 18.2 Å². The summed E-state index contributed by atoms with van der Waals surface area (Å²) in [6.45, 7) is 6.03. The van der Waals surface area contributed by atoms with Crippen LogP contribution in [-0.2, 0) is 6.61 Å². The van der Waals surface area contributed by atoms with Gasteiger partial charge in [-0.25, -0.2) is 9.37 Å². The summed E-state index contributed by atoms with van der Waals surface area (Å²) in [7, 11) is 0. The fourth-order valence-electron chi connectivity index (χ4n) is 2.04. The summed E-state index contributed by atoms with van der Waals surface area (Å²) in [4.78, 5) is 4.10. The van der Waals surface area contributed by atoms with Gasteiger partial charge in [-0.2, -0.15) is 0 Å². The summed E-state index contributed by atoms with van der Waals surface area (Å²) in [5.41, 5.74) is 1.38. The number of halogens is 1. The molecule has 5 heteroatoms. The molecule has 1 N–H and O–H groups in total. The van der Waals surface area contributed by atoms with Crippen molar-refractivity contribution in [1.82, 2.24) is 9.55 Å². The van der Waals surface area contributed by atoms with Gasteiger partial charge in [0, 0.05) is 11.6 Å². The molecule has 0 spiro atoms. The lowest BCUT2D eigenvalue weighted by atomic mass is 10.1. The molecular weight excluding hydrogens is 259 g/mol. The van der Waals surface area contributed by atoms with Gasteiger partial charge in [0.25, 0.3) is 0 Å². The lowest BCUT2D eigenvalue weighted by Gasteiger charge is -2.15. The van der Waals surface area contributed by atoms with E-state index in [4.69, 9.17) is 4.74 Å². The molecule has 108 valence electrons. The zero-order valence-electron chi connectivity index (χ0n) is 11.9. The molecule has 2 aromatic rings. The number of aliphatic hydroxyl groups is 1. The van der Waals surface area contributed by atoms with E-state index >= 15 is 0 Å². The number of ether oxygens (including phenoxy) is 1. The molecule has 1 heterocycles. The first-order valence-corrected chi connectivity index (χ1v) is 6.60. The Bertz CT molecular complexity index is 579. The number of benzene rings is 1. The number of aliphatic hydroxyl groups excluding tert-OH is 1. The highest BCUT2D eigenvalue weighted by molar-refractivity contribution is 5.35. The zero-order chi connectivity index (χ0) is 14.7. The van der Waals surface area contributed by atoms with Crippen LogP contribution in [0.1, 0.15) is 44.2 Å². The summed E-state index contributed by atoms with van der Waals surface area (Å²) in [5.74, 6) is 0.0957. The second kappa shape index (κ2) is 6.05. The van der Waals surface area contributed by atoms with E-state index in [1.807, 2.05) is 4.57 Å². The quantitative estimate of drug-likeness (QED) is 0.913. The average Bonchev–Trinajstić information content (AvgIpc) is 2.85. The second-order valence-electron chi connectivity index (χ2n) is 5.03. The van der Waals surface area contributed by atoms with Gasteiger partial charge >= 0.3 is 0 Å². The molecule has 0 saturated heterocycles. The zero-order valence-corrected chi connectivity index (χ0v) is 11.9. The highest BCUT2D eigenvalue weighted by Crippen LogP contribution is 2.26. The smallest absolute Gasteiger partial charge is 0.130 e. The summed E-state index contributed by atoms with van der Waals surface area (Å²) >= 11 is 0. The molecule has 2 rings (SSSR count). The Balaban J connectivity index is 2.17. The van der Waals surface area contributed by atoms with Crippen molar-refractivity contribution in [3.8, 4) is 5.75 Å². The maximum Gasteiger partial charge on any atom is 0.130 e. The van der Waals surface area contributed by atoms with E-state index in [0.717, 1.165) is 5.69 Å². The van der Waals surface area contributed by atoms with E-state index < -0.39 is 6.10 Å². The van der Waals surface area contributed by atoms with Crippen LogP contribution in [0.3, 0.4) is 0 Å². The lowest BCUT2D eigenvalue weighted by molar-refractivity contribution is 0.188. The van der Waals surface area contributed by atoms with E-state index in [1.54, 1.807) is 19.4 Å². The molecule has 20 heavy (non-hydrogen) atoms. The SMILES string of the molecule is CC(O)c1cc(F)ccc1OCc1cncn1C(C)C. The van der Waals surface area contributed by atoms with E-state index in [0.29, 0.717) is 24.0 Å². The van der Waals surface area contributed by atoms with Crippen molar-refractivity contribution in [1.29, 1.82) is 0 Å². The van der Waals surface area contributed by atoms with Crippen molar-refractivity contribution in [2.45, 2.75) is 39.5 Å². The van der Waals surface area contributed by atoms with Crippen molar-refractivity contribution in [3.63, 3.8) is 0 Å². The molecule has 1 unspecified atom stereocenters. The van der Waals surface area contributed by atoms with Crippen LogP contribution in [0.2, 0.25) is 0 Å². The van der Waals surface area contributed by atoms with Gasteiger partial charge in [0.15, 0.2) is 0 Å². The van der Waals surface area contributed by atoms with Gasteiger partial charge in [-0.3, -0.25) is 0 Å². The molecule has 0 bridgehead atoms. The summed E-state index contributed by atoms with van der Waals surface area (Å²) in [6, 6.07) is 4.44. The molecule has 0 aliphatic heterocycles. The van der Waals surface area contributed by atoms with Crippen LogP contribution in [0.5, 0.6) is 5.75 Å². The van der Waals surface area contributed by atoms with Crippen molar-refractivity contribution >= 4 is 0 Å². The Morgan fingerprint density at radius 3 is 2.75 bits per heavy atom. The van der Waals surface area contributed by atoms with E-state index in [-0.39, 0.29) is 5.82 Å². The molecule has 4 nitrogen and oxygen atoms in total. The van der Waals surface area contributed by atoms with Gasteiger partial charge < -0.3 is 14.4 Å². The van der Waals surface area contributed by atoms with Crippen LogP contribution < -0.4 is 4.74 Å². The molecule has 1 aromatic carbocycles. The minimum absolute atomic E-state index is 0.292. The number of rotatable bonds is 5. The average molecular weight is 278 g/mol. The molecule has 0 fully saturated rings. The minimum atomic E-state index is -0.782. The van der Waals surface area contributed by atoms with Crippen molar-refractivity contribution in [2.24, 2.45) is 0 Å². The Morgan fingerprint density at radius 1 is 1.35 bits per heavy atom. The second-order valence-corrected chi connectivity index (χ2v) is 5.03. The molecule has 1 atom stereocenters.